The van der Waals surface area contributed by atoms with Gasteiger partial charge in [0.15, 0.2) is 5.82 Å². The third-order valence-corrected chi connectivity index (χ3v) is 5.34. The van der Waals surface area contributed by atoms with Gasteiger partial charge in [-0.2, -0.15) is 5.10 Å². The first-order valence-electron chi connectivity index (χ1n) is 10.0. The number of hydrogen-bond acceptors (Lipinski definition) is 6. The van der Waals surface area contributed by atoms with E-state index in [0.29, 0.717) is 37.3 Å². The summed E-state index contributed by atoms with van der Waals surface area (Å²) in [5.74, 6) is 1.61. The molecule has 0 radical (unpaired) electrons. The summed E-state index contributed by atoms with van der Waals surface area (Å²) in [6.45, 7) is 7.57. The molecule has 2 aromatic rings. The molecule has 1 aliphatic rings. The maximum Gasteiger partial charge on any atom is 0.242 e. The minimum absolute atomic E-state index is 0. The molecule has 0 bridgehead atoms. The predicted octanol–water partition coefficient (Wildman–Crippen LogP) is 2.85. The Balaban J connectivity index is 0.00000225. The third-order valence-electron chi connectivity index (χ3n) is 5.34. The van der Waals surface area contributed by atoms with Crippen molar-refractivity contribution in [2.45, 2.75) is 39.3 Å². The lowest BCUT2D eigenvalue weighted by Gasteiger charge is -2.37. The third kappa shape index (κ3) is 6.39. The Hall–Kier alpha value is -1.71. The van der Waals surface area contributed by atoms with Crippen LogP contribution in [0.15, 0.2) is 24.3 Å². The van der Waals surface area contributed by atoms with Gasteiger partial charge in [0.25, 0.3) is 0 Å². The van der Waals surface area contributed by atoms with Gasteiger partial charge in [-0.1, -0.05) is 26.7 Å². The van der Waals surface area contributed by atoms with Gasteiger partial charge in [-0.25, -0.2) is 4.98 Å². The zero-order valence-corrected chi connectivity index (χ0v) is 19.1. The van der Waals surface area contributed by atoms with Gasteiger partial charge >= 0.3 is 0 Å². The highest BCUT2D eigenvalue weighted by molar-refractivity contribution is 5.95. The van der Waals surface area contributed by atoms with Crippen molar-refractivity contribution in [1.82, 2.24) is 20.1 Å². The van der Waals surface area contributed by atoms with E-state index >= 15 is 0 Å². The van der Waals surface area contributed by atoms with E-state index in [0.717, 1.165) is 37.2 Å². The van der Waals surface area contributed by atoms with Gasteiger partial charge < -0.3 is 15.8 Å². The molecule has 1 aliphatic heterocycles. The summed E-state index contributed by atoms with van der Waals surface area (Å²) in [6.07, 6.45) is 1.94. The number of nitrogens with one attached hydrogen (secondary N) is 2. The molecule has 1 unspecified atom stereocenters. The summed E-state index contributed by atoms with van der Waals surface area (Å²) < 4.78 is 5.46. The number of halogens is 2. The van der Waals surface area contributed by atoms with Crippen molar-refractivity contribution >= 4 is 36.4 Å². The number of carbonyl (C=O) groups is 1. The van der Waals surface area contributed by atoms with Crippen LogP contribution in [0.3, 0.4) is 0 Å². The van der Waals surface area contributed by atoms with Gasteiger partial charge in [0.05, 0.1) is 25.8 Å². The fourth-order valence-corrected chi connectivity index (χ4v) is 3.70. The highest BCUT2D eigenvalue weighted by atomic mass is 35.5. The average molecular weight is 459 g/mol. The average Bonchev–Trinajstić information content (AvgIpc) is 3.22. The topological polar surface area (TPSA) is 109 Å². The first-order valence-corrected chi connectivity index (χ1v) is 10.0. The SMILES string of the molecule is CCC(CC)C(C(=O)Nc1ccc(-c2n[nH]c(CN)n2)cc1)N1CCOCC1.Cl.Cl. The van der Waals surface area contributed by atoms with E-state index in [1.807, 2.05) is 24.3 Å². The molecule has 0 spiro atoms. The molecule has 10 heteroatoms. The van der Waals surface area contributed by atoms with Gasteiger partial charge in [-0.3, -0.25) is 14.8 Å². The second kappa shape index (κ2) is 12.9. The number of ether oxygens (including phenoxy) is 1. The summed E-state index contributed by atoms with van der Waals surface area (Å²) >= 11 is 0. The molecule has 1 fully saturated rings. The molecule has 1 amide bonds. The van der Waals surface area contributed by atoms with E-state index in [1.54, 1.807) is 0 Å². The Morgan fingerprint density at radius 1 is 1.20 bits per heavy atom. The van der Waals surface area contributed by atoms with E-state index in [-0.39, 0.29) is 36.8 Å². The second-order valence-corrected chi connectivity index (χ2v) is 7.05. The smallest absolute Gasteiger partial charge is 0.242 e. The van der Waals surface area contributed by atoms with E-state index in [9.17, 15) is 4.79 Å². The molecule has 30 heavy (non-hydrogen) atoms. The largest absolute Gasteiger partial charge is 0.379 e. The molecular formula is C20H32Cl2N6O2. The zero-order chi connectivity index (χ0) is 19.9. The van der Waals surface area contributed by atoms with Crippen LogP contribution >= 0.6 is 24.8 Å². The van der Waals surface area contributed by atoms with Crippen LogP contribution in [-0.2, 0) is 16.1 Å². The van der Waals surface area contributed by atoms with E-state index < -0.39 is 0 Å². The number of benzene rings is 1. The van der Waals surface area contributed by atoms with E-state index in [1.165, 1.54) is 0 Å². The van der Waals surface area contributed by atoms with Gasteiger partial charge in [-0.15, -0.1) is 24.8 Å². The summed E-state index contributed by atoms with van der Waals surface area (Å²) in [5, 5.41) is 10.1. The number of nitrogens with two attached hydrogens (primary N) is 1. The number of amides is 1. The number of anilines is 1. The molecule has 1 saturated heterocycles. The Morgan fingerprint density at radius 2 is 1.83 bits per heavy atom. The lowest BCUT2D eigenvalue weighted by atomic mass is 9.91. The number of rotatable bonds is 8. The normalized spacial score (nSPS) is 15.2. The number of aromatic amines is 1. The Labute approximate surface area is 190 Å². The molecule has 8 nitrogen and oxygen atoms in total. The van der Waals surface area contributed by atoms with Gasteiger partial charge in [0, 0.05) is 24.3 Å². The van der Waals surface area contributed by atoms with Crippen molar-refractivity contribution in [3.05, 3.63) is 30.1 Å². The van der Waals surface area contributed by atoms with Gasteiger partial charge in [0.2, 0.25) is 5.91 Å². The first kappa shape index (κ1) is 26.3. The molecule has 168 valence electrons. The second-order valence-electron chi connectivity index (χ2n) is 7.05. The fraction of sp³-hybridized carbons (Fsp3) is 0.550. The Kier molecular flexibility index (Phi) is 11.3. The van der Waals surface area contributed by atoms with Crippen molar-refractivity contribution in [3.8, 4) is 11.4 Å². The number of carbonyl (C=O) groups excluding carboxylic acids is 1. The lowest BCUT2D eigenvalue weighted by Crippen LogP contribution is -2.52. The standard InChI is InChI=1S/C20H30N6O2.2ClH/c1-3-14(4-2)18(26-9-11-28-12-10-26)20(27)22-16-7-5-15(6-8-16)19-23-17(13-21)24-25-19;;/h5-8,14,18H,3-4,9-13,21H2,1-2H3,(H,22,27)(H,23,24,25);2*1H. The Morgan fingerprint density at radius 3 is 2.37 bits per heavy atom. The minimum Gasteiger partial charge on any atom is -0.379 e. The number of nitrogens with zero attached hydrogens (tertiary/aromatic N) is 3. The van der Waals surface area contributed by atoms with E-state index in [2.05, 4.69) is 39.2 Å². The molecule has 0 aliphatic carbocycles. The Bertz CT molecular complexity index is 761. The van der Waals surface area contributed by atoms with Crippen molar-refractivity contribution in [1.29, 1.82) is 0 Å². The molecule has 0 saturated carbocycles. The van der Waals surface area contributed by atoms with Crippen molar-refractivity contribution in [2.24, 2.45) is 11.7 Å². The zero-order valence-electron chi connectivity index (χ0n) is 17.5. The molecule has 1 aromatic heterocycles. The van der Waals surface area contributed by atoms with Gasteiger partial charge in [0.1, 0.15) is 5.82 Å². The molecule has 2 heterocycles. The maximum atomic E-state index is 13.1. The molecule has 1 atom stereocenters. The number of H-pyrrole nitrogens is 1. The maximum absolute atomic E-state index is 13.1. The van der Waals surface area contributed by atoms with Crippen molar-refractivity contribution in [3.63, 3.8) is 0 Å². The summed E-state index contributed by atoms with van der Waals surface area (Å²) in [7, 11) is 0. The first-order chi connectivity index (χ1) is 13.7. The van der Waals surface area contributed by atoms with Crippen LogP contribution in [0.2, 0.25) is 0 Å². The number of aromatic nitrogens is 3. The number of hydrogen-bond donors (Lipinski definition) is 3. The molecule has 4 N–H and O–H groups in total. The summed E-state index contributed by atoms with van der Waals surface area (Å²) in [4.78, 5) is 19.7. The van der Waals surface area contributed by atoms with Crippen LogP contribution in [0.4, 0.5) is 5.69 Å². The van der Waals surface area contributed by atoms with Crippen LogP contribution in [-0.4, -0.2) is 58.3 Å². The highest BCUT2D eigenvalue weighted by Crippen LogP contribution is 2.23. The van der Waals surface area contributed by atoms with Gasteiger partial charge in [-0.05, 0) is 30.2 Å². The summed E-state index contributed by atoms with van der Waals surface area (Å²) in [5.41, 5.74) is 7.21. The van der Waals surface area contributed by atoms with Crippen LogP contribution in [0, 0.1) is 5.92 Å². The molecule has 3 rings (SSSR count). The van der Waals surface area contributed by atoms with Crippen LogP contribution in [0.25, 0.3) is 11.4 Å². The number of morpholine rings is 1. The monoisotopic (exact) mass is 458 g/mol. The predicted molar refractivity (Wildman–Crippen MR) is 123 cm³/mol. The van der Waals surface area contributed by atoms with Crippen molar-refractivity contribution < 1.29 is 9.53 Å². The van der Waals surface area contributed by atoms with E-state index in [4.69, 9.17) is 10.5 Å². The van der Waals surface area contributed by atoms with Crippen LogP contribution in [0.1, 0.15) is 32.5 Å². The molecule has 1 aromatic carbocycles. The van der Waals surface area contributed by atoms with Crippen molar-refractivity contribution in [2.75, 3.05) is 31.6 Å². The fourth-order valence-electron chi connectivity index (χ4n) is 3.70. The quantitative estimate of drug-likeness (QED) is 0.560. The summed E-state index contributed by atoms with van der Waals surface area (Å²) in [6, 6.07) is 7.43. The highest BCUT2D eigenvalue weighted by Gasteiger charge is 2.32. The minimum atomic E-state index is -0.140. The molecular weight excluding hydrogens is 427 g/mol. The lowest BCUT2D eigenvalue weighted by molar-refractivity contribution is -0.125. The van der Waals surface area contributed by atoms with Crippen LogP contribution < -0.4 is 11.1 Å². The van der Waals surface area contributed by atoms with Crippen LogP contribution in [0.5, 0.6) is 0 Å².